The average molecular weight is 400 g/mol. The first-order valence-electron chi connectivity index (χ1n) is 8.99. The zero-order chi connectivity index (χ0) is 19.9. The highest BCUT2D eigenvalue weighted by Gasteiger charge is 2.54. The summed E-state index contributed by atoms with van der Waals surface area (Å²) in [4.78, 5) is 28.3. The van der Waals surface area contributed by atoms with Crippen molar-refractivity contribution < 1.29 is 18.0 Å². The van der Waals surface area contributed by atoms with Crippen LogP contribution in [0.1, 0.15) is 24.8 Å². The van der Waals surface area contributed by atoms with Crippen molar-refractivity contribution in [2.24, 2.45) is 11.1 Å². The minimum atomic E-state index is -3.94. The minimum Gasteiger partial charge on any atom is -0.323 e. The normalized spacial score (nSPS) is 24.4. The smallest absolute Gasteiger partial charge is 0.322 e. The summed E-state index contributed by atoms with van der Waals surface area (Å²) in [5, 5.41) is 10.5. The maximum Gasteiger partial charge on any atom is 0.322 e. The summed E-state index contributed by atoms with van der Waals surface area (Å²) >= 11 is 0. The molecule has 2 aliphatic rings. The number of pyridine rings is 1. The van der Waals surface area contributed by atoms with Crippen molar-refractivity contribution in [1.82, 2.24) is 15.6 Å². The molecule has 8 nitrogen and oxygen atoms in total. The molecule has 1 aliphatic heterocycles. The molecule has 146 valence electrons. The van der Waals surface area contributed by atoms with E-state index < -0.39 is 21.6 Å². The number of benzene rings is 1. The Hall–Kier alpha value is -2.78. The number of amides is 3. The first kappa shape index (κ1) is 18.6. The van der Waals surface area contributed by atoms with Crippen LogP contribution in [0.2, 0.25) is 0 Å². The third-order valence-electron chi connectivity index (χ3n) is 5.62. The standard InChI is InChI=1S/C19H20N4O4S/c20-28(26,27)16-6-5-12(13-3-2-8-21-11-13)9-14(16)10-15-4-1-7-19(15)17(24)22-18(25)23-19/h2-3,5-6,8-9,11,15H,1,4,7,10H2,(H2,20,26,27)(H2,22,23,24,25). The van der Waals surface area contributed by atoms with E-state index in [-0.39, 0.29) is 16.7 Å². The van der Waals surface area contributed by atoms with Gasteiger partial charge in [0.1, 0.15) is 5.54 Å². The molecule has 1 saturated heterocycles. The highest BCUT2D eigenvalue weighted by molar-refractivity contribution is 7.89. The van der Waals surface area contributed by atoms with Crippen molar-refractivity contribution in [3.05, 3.63) is 48.3 Å². The van der Waals surface area contributed by atoms with Gasteiger partial charge in [-0.05, 0) is 60.1 Å². The van der Waals surface area contributed by atoms with Gasteiger partial charge in [0.05, 0.1) is 4.90 Å². The summed E-state index contributed by atoms with van der Waals surface area (Å²) in [5.74, 6) is -0.566. The summed E-state index contributed by atoms with van der Waals surface area (Å²) in [6.45, 7) is 0. The van der Waals surface area contributed by atoms with Gasteiger partial charge in [-0.15, -0.1) is 0 Å². The van der Waals surface area contributed by atoms with Crippen LogP contribution in [0.15, 0.2) is 47.6 Å². The number of carbonyl (C=O) groups excluding carboxylic acids is 2. The lowest BCUT2D eigenvalue weighted by atomic mass is 9.82. The van der Waals surface area contributed by atoms with Crippen LogP contribution in [-0.2, 0) is 21.2 Å². The predicted molar refractivity (Wildman–Crippen MR) is 101 cm³/mol. The Bertz CT molecular complexity index is 1050. The molecule has 2 atom stereocenters. The fraction of sp³-hybridized carbons (Fsp3) is 0.316. The molecular weight excluding hydrogens is 380 g/mol. The van der Waals surface area contributed by atoms with Gasteiger partial charge in [-0.25, -0.2) is 18.4 Å². The Morgan fingerprint density at radius 2 is 2.04 bits per heavy atom. The van der Waals surface area contributed by atoms with E-state index in [4.69, 9.17) is 5.14 Å². The number of nitrogens with two attached hydrogens (primary N) is 1. The number of primary sulfonamides is 1. The van der Waals surface area contributed by atoms with E-state index in [1.807, 2.05) is 6.07 Å². The predicted octanol–water partition coefficient (Wildman–Crippen LogP) is 1.32. The van der Waals surface area contributed by atoms with Gasteiger partial charge in [-0.1, -0.05) is 18.6 Å². The molecule has 1 aromatic heterocycles. The first-order chi connectivity index (χ1) is 13.3. The molecule has 3 amide bonds. The molecule has 2 fully saturated rings. The van der Waals surface area contributed by atoms with Gasteiger partial charge in [-0.3, -0.25) is 15.1 Å². The third kappa shape index (κ3) is 3.16. The SMILES string of the molecule is NS(=O)(=O)c1ccc(-c2cccnc2)cc1CC1CCCC12NC(=O)NC2=O. The minimum absolute atomic E-state index is 0.0342. The monoisotopic (exact) mass is 400 g/mol. The number of hydrogen-bond acceptors (Lipinski definition) is 5. The van der Waals surface area contributed by atoms with E-state index in [1.165, 1.54) is 6.07 Å². The van der Waals surface area contributed by atoms with Gasteiger partial charge >= 0.3 is 6.03 Å². The van der Waals surface area contributed by atoms with Crippen LogP contribution < -0.4 is 15.8 Å². The maximum atomic E-state index is 12.4. The van der Waals surface area contributed by atoms with Crippen LogP contribution in [-0.4, -0.2) is 30.9 Å². The Kier molecular flexibility index (Phi) is 4.43. The number of hydrogen-bond donors (Lipinski definition) is 3. The van der Waals surface area contributed by atoms with E-state index in [0.29, 0.717) is 24.8 Å². The molecule has 0 radical (unpaired) electrons. The molecule has 28 heavy (non-hydrogen) atoms. The number of urea groups is 1. The van der Waals surface area contributed by atoms with Gasteiger partial charge in [0, 0.05) is 12.4 Å². The quantitative estimate of drug-likeness (QED) is 0.666. The maximum absolute atomic E-state index is 12.4. The molecule has 2 unspecified atom stereocenters. The van der Waals surface area contributed by atoms with Crippen molar-refractivity contribution in [1.29, 1.82) is 0 Å². The molecule has 2 heterocycles. The van der Waals surface area contributed by atoms with Crippen molar-refractivity contribution >= 4 is 22.0 Å². The lowest BCUT2D eigenvalue weighted by molar-refractivity contribution is -0.125. The molecule has 9 heteroatoms. The second-order valence-corrected chi connectivity index (χ2v) is 8.81. The molecule has 1 saturated carbocycles. The fourth-order valence-corrected chi connectivity index (χ4v) is 5.08. The number of imide groups is 1. The first-order valence-corrected chi connectivity index (χ1v) is 10.5. The van der Waals surface area contributed by atoms with Crippen LogP contribution in [0, 0.1) is 5.92 Å². The Balaban J connectivity index is 1.75. The number of nitrogens with zero attached hydrogens (tertiary/aromatic N) is 1. The number of carbonyl (C=O) groups is 2. The topological polar surface area (TPSA) is 131 Å². The Labute approximate surface area is 162 Å². The van der Waals surface area contributed by atoms with E-state index in [0.717, 1.165) is 17.5 Å². The lowest BCUT2D eigenvalue weighted by Crippen LogP contribution is -2.50. The van der Waals surface area contributed by atoms with Crippen LogP contribution in [0.25, 0.3) is 11.1 Å². The van der Waals surface area contributed by atoms with E-state index in [2.05, 4.69) is 15.6 Å². The number of aromatic nitrogens is 1. The average Bonchev–Trinajstić information content (AvgIpc) is 3.17. The Morgan fingerprint density at radius 1 is 1.21 bits per heavy atom. The van der Waals surface area contributed by atoms with Crippen LogP contribution in [0.5, 0.6) is 0 Å². The highest BCUT2D eigenvalue weighted by Crippen LogP contribution is 2.41. The largest absolute Gasteiger partial charge is 0.323 e. The Morgan fingerprint density at radius 3 is 2.68 bits per heavy atom. The molecule has 4 rings (SSSR count). The number of rotatable bonds is 4. The van der Waals surface area contributed by atoms with Crippen molar-refractivity contribution in [3.8, 4) is 11.1 Å². The summed E-state index contributed by atoms with van der Waals surface area (Å²) in [6, 6.07) is 8.12. The van der Waals surface area contributed by atoms with Crippen LogP contribution in [0.3, 0.4) is 0 Å². The molecule has 1 aromatic carbocycles. The molecular formula is C19H20N4O4S. The lowest BCUT2D eigenvalue weighted by Gasteiger charge is -2.28. The van der Waals surface area contributed by atoms with Gasteiger partial charge in [0.25, 0.3) is 5.91 Å². The zero-order valence-corrected chi connectivity index (χ0v) is 15.8. The van der Waals surface area contributed by atoms with Gasteiger partial charge in [0.2, 0.25) is 10.0 Å². The van der Waals surface area contributed by atoms with Crippen molar-refractivity contribution in [3.63, 3.8) is 0 Å². The highest BCUT2D eigenvalue weighted by atomic mass is 32.2. The van der Waals surface area contributed by atoms with E-state index in [1.54, 1.807) is 30.6 Å². The molecule has 2 aromatic rings. The molecule has 0 bridgehead atoms. The molecule has 1 spiro atoms. The van der Waals surface area contributed by atoms with E-state index >= 15 is 0 Å². The van der Waals surface area contributed by atoms with Gasteiger partial charge in [0.15, 0.2) is 0 Å². The van der Waals surface area contributed by atoms with E-state index in [9.17, 15) is 18.0 Å². The molecule has 1 aliphatic carbocycles. The fourth-order valence-electron chi connectivity index (χ4n) is 4.32. The van der Waals surface area contributed by atoms with Crippen molar-refractivity contribution in [2.45, 2.75) is 36.1 Å². The second kappa shape index (κ2) is 6.68. The summed E-state index contributed by atoms with van der Waals surface area (Å²) < 4.78 is 24.2. The number of sulfonamides is 1. The van der Waals surface area contributed by atoms with Gasteiger partial charge < -0.3 is 5.32 Å². The summed E-state index contributed by atoms with van der Waals surface area (Å²) in [6.07, 6.45) is 5.67. The van der Waals surface area contributed by atoms with Gasteiger partial charge in [-0.2, -0.15) is 0 Å². The second-order valence-electron chi connectivity index (χ2n) is 7.28. The summed E-state index contributed by atoms with van der Waals surface area (Å²) in [5.41, 5.74) is 1.20. The van der Waals surface area contributed by atoms with Crippen LogP contribution in [0.4, 0.5) is 4.79 Å². The zero-order valence-electron chi connectivity index (χ0n) is 15.0. The molecule has 4 N–H and O–H groups in total. The number of nitrogens with one attached hydrogen (secondary N) is 2. The van der Waals surface area contributed by atoms with Crippen LogP contribution >= 0.6 is 0 Å². The van der Waals surface area contributed by atoms with Crippen molar-refractivity contribution in [2.75, 3.05) is 0 Å². The summed E-state index contributed by atoms with van der Waals surface area (Å²) in [7, 11) is -3.94. The third-order valence-corrected chi connectivity index (χ3v) is 6.63.